The molecule has 1 atom stereocenters. The van der Waals surface area contributed by atoms with Gasteiger partial charge in [0.2, 0.25) is 5.91 Å². The number of morpholine rings is 1. The Hall–Kier alpha value is -1.14. The van der Waals surface area contributed by atoms with Gasteiger partial charge in [-0.2, -0.15) is 0 Å². The standard InChI is InChI=1S/C11H20N2O4/c1-8(2)12-4-3-10(14)13-5-6-17-7-9(13)11(15)16/h8-9,12H,3-7H2,1-2H3,(H,15,16). The van der Waals surface area contributed by atoms with E-state index in [4.69, 9.17) is 9.84 Å². The van der Waals surface area contributed by atoms with E-state index in [2.05, 4.69) is 5.32 Å². The summed E-state index contributed by atoms with van der Waals surface area (Å²) in [6.45, 7) is 5.42. The molecule has 0 bridgehead atoms. The van der Waals surface area contributed by atoms with Gasteiger partial charge in [0.05, 0.1) is 13.2 Å². The second-order valence-corrected chi connectivity index (χ2v) is 4.37. The molecule has 6 heteroatoms. The molecule has 2 N–H and O–H groups in total. The van der Waals surface area contributed by atoms with Gasteiger partial charge in [-0.1, -0.05) is 13.8 Å². The van der Waals surface area contributed by atoms with Crippen LogP contribution in [0.2, 0.25) is 0 Å². The SMILES string of the molecule is CC(C)NCCC(=O)N1CCOCC1C(=O)O. The van der Waals surface area contributed by atoms with Gasteiger partial charge >= 0.3 is 5.97 Å². The number of carboxylic acid groups (broad SMARTS) is 1. The van der Waals surface area contributed by atoms with E-state index < -0.39 is 12.0 Å². The molecule has 1 fully saturated rings. The van der Waals surface area contributed by atoms with Gasteiger partial charge in [0, 0.05) is 25.6 Å². The molecule has 1 unspecified atom stereocenters. The minimum atomic E-state index is -1.00. The molecular formula is C11H20N2O4. The van der Waals surface area contributed by atoms with Crippen molar-refractivity contribution in [2.45, 2.75) is 32.4 Å². The van der Waals surface area contributed by atoms with Gasteiger partial charge in [0.15, 0.2) is 6.04 Å². The molecule has 98 valence electrons. The zero-order chi connectivity index (χ0) is 12.8. The summed E-state index contributed by atoms with van der Waals surface area (Å²) in [6, 6.07) is -0.516. The van der Waals surface area contributed by atoms with Crippen molar-refractivity contribution in [2.75, 3.05) is 26.3 Å². The number of nitrogens with zero attached hydrogens (tertiary/aromatic N) is 1. The predicted molar refractivity (Wildman–Crippen MR) is 61.7 cm³/mol. The first kappa shape index (κ1) is 13.9. The van der Waals surface area contributed by atoms with Gasteiger partial charge in [0.1, 0.15) is 0 Å². The van der Waals surface area contributed by atoms with Gasteiger partial charge in [0.25, 0.3) is 0 Å². The van der Waals surface area contributed by atoms with Crippen molar-refractivity contribution in [3.05, 3.63) is 0 Å². The number of ether oxygens (including phenoxy) is 1. The summed E-state index contributed by atoms with van der Waals surface area (Å²) in [5.41, 5.74) is 0. The Morgan fingerprint density at radius 2 is 2.24 bits per heavy atom. The van der Waals surface area contributed by atoms with E-state index >= 15 is 0 Å². The molecule has 0 spiro atoms. The molecule has 0 aromatic carbocycles. The highest BCUT2D eigenvalue weighted by molar-refractivity contribution is 5.84. The molecule has 1 aliphatic heterocycles. The molecule has 0 radical (unpaired) electrons. The Kier molecular flexibility index (Phi) is 5.37. The topological polar surface area (TPSA) is 78.9 Å². The van der Waals surface area contributed by atoms with Gasteiger partial charge in [-0.15, -0.1) is 0 Å². The molecule has 1 saturated heterocycles. The summed E-state index contributed by atoms with van der Waals surface area (Å²) >= 11 is 0. The lowest BCUT2D eigenvalue weighted by Crippen LogP contribution is -2.53. The fourth-order valence-corrected chi connectivity index (χ4v) is 1.72. The van der Waals surface area contributed by atoms with E-state index in [9.17, 15) is 9.59 Å². The number of hydrogen-bond donors (Lipinski definition) is 2. The van der Waals surface area contributed by atoms with E-state index in [1.54, 1.807) is 0 Å². The first-order valence-electron chi connectivity index (χ1n) is 5.85. The number of rotatable bonds is 5. The minimum absolute atomic E-state index is 0.0820. The van der Waals surface area contributed by atoms with Crippen molar-refractivity contribution in [3.8, 4) is 0 Å². The first-order chi connectivity index (χ1) is 8.02. The summed E-state index contributed by atoms with van der Waals surface area (Å²) in [6.07, 6.45) is 0.321. The van der Waals surface area contributed by atoms with E-state index in [0.29, 0.717) is 32.2 Å². The highest BCUT2D eigenvalue weighted by Gasteiger charge is 2.32. The first-order valence-corrected chi connectivity index (χ1v) is 5.85. The smallest absolute Gasteiger partial charge is 0.328 e. The van der Waals surface area contributed by atoms with Crippen molar-refractivity contribution in [3.63, 3.8) is 0 Å². The van der Waals surface area contributed by atoms with Crippen LogP contribution in [0, 0.1) is 0 Å². The minimum Gasteiger partial charge on any atom is -0.480 e. The molecular weight excluding hydrogens is 224 g/mol. The molecule has 0 saturated carbocycles. The molecule has 17 heavy (non-hydrogen) atoms. The second kappa shape index (κ2) is 6.56. The lowest BCUT2D eigenvalue weighted by molar-refractivity contribution is -0.158. The number of carboxylic acids is 1. The van der Waals surface area contributed by atoms with Crippen LogP contribution in [0.3, 0.4) is 0 Å². The third kappa shape index (κ3) is 4.32. The Labute approximate surface area is 101 Å². The molecule has 1 aliphatic rings. The zero-order valence-electron chi connectivity index (χ0n) is 10.3. The maximum absolute atomic E-state index is 11.9. The highest BCUT2D eigenvalue weighted by atomic mass is 16.5. The highest BCUT2D eigenvalue weighted by Crippen LogP contribution is 2.08. The van der Waals surface area contributed by atoms with Crippen LogP contribution >= 0.6 is 0 Å². The fourth-order valence-electron chi connectivity index (χ4n) is 1.72. The number of hydrogen-bond acceptors (Lipinski definition) is 4. The molecule has 1 rings (SSSR count). The van der Waals surface area contributed by atoms with E-state index in [-0.39, 0.29) is 12.5 Å². The average molecular weight is 244 g/mol. The van der Waals surface area contributed by atoms with Crippen molar-refractivity contribution < 1.29 is 19.4 Å². The van der Waals surface area contributed by atoms with Gasteiger partial charge in [-0.25, -0.2) is 4.79 Å². The summed E-state index contributed by atoms with van der Waals surface area (Å²) in [7, 11) is 0. The van der Waals surface area contributed by atoms with Gasteiger partial charge in [-0.3, -0.25) is 4.79 Å². The maximum Gasteiger partial charge on any atom is 0.328 e. The molecule has 0 aliphatic carbocycles. The Morgan fingerprint density at radius 3 is 2.82 bits per heavy atom. The van der Waals surface area contributed by atoms with Gasteiger partial charge < -0.3 is 20.1 Å². The molecule has 0 aromatic heterocycles. The predicted octanol–water partition coefficient (Wildman–Crippen LogP) is -0.313. The van der Waals surface area contributed by atoms with Crippen LogP contribution in [0.25, 0.3) is 0 Å². The van der Waals surface area contributed by atoms with Crippen LogP contribution in [0.5, 0.6) is 0 Å². The van der Waals surface area contributed by atoms with Crippen molar-refractivity contribution in [2.24, 2.45) is 0 Å². The summed E-state index contributed by atoms with van der Waals surface area (Å²) in [5, 5.41) is 12.1. The molecule has 1 amide bonds. The largest absolute Gasteiger partial charge is 0.480 e. The Balaban J connectivity index is 2.45. The van der Waals surface area contributed by atoms with Crippen LogP contribution in [0.15, 0.2) is 0 Å². The van der Waals surface area contributed by atoms with E-state index in [0.717, 1.165) is 0 Å². The third-order valence-electron chi connectivity index (χ3n) is 2.63. The van der Waals surface area contributed by atoms with E-state index in [1.807, 2.05) is 13.8 Å². The Bertz CT molecular complexity index is 281. The second-order valence-electron chi connectivity index (χ2n) is 4.37. The van der Waals surface area contributed by atoms with Crippen LogP contribution in [-0.2, 0) is 14.3 Å². The number of nitrogens with one attached hydrogen (secondary N) is 1. The summed E-state index contributed by atoms with van der Waals surface area (Å²) < 4.78 is 5.08. The van der Waals surface area contributed by atoms with Crippen molar-refractivity contribution in [1.29, 1.82) is 0 Å². The lowest BCUT2D eigenvalue weighted by Gasteiger charge is -2.33. The van der Waals surface area contributed by atoms with Gasteiger partial charge in [-0.05, 0) is 0 Å². The molecule has 1 heterocycles. The fraction of sp³-hybridized carbons (Fsp3) is 0.818. The molecule has 6 nitrogen and oxygen atoms in total. The number of carbonyl (C=O) groups excluding carboxylic acids is 1. The van der Waals surface area contributed by atoms with Crippen molar-refractivity contribution >= 4 is 11.9 Å². The number of aliphatic carboxylic acids is 1. The quantitative estimate of drug-likeness (QED) is 0.693. The lowest BCUT2D eigenvalue weighted by atomic mass is 10.2. The zero-order valence-corrected chi connectivity index (χ0v) is 10.3. The van der Waals surface area contributed by atoms with Crippen LogP contribution in [0.1, 0.15) is 20.3 Å². The summed E-state index contributed by atoms with van der Waals surface area (Å²) in [5.74, 6) is -1.14. The molecule has 0 aromatic rings. The van der Waals surface area contributed by atoms with Crippen molar-refractivity contribution in [1.82, 2.24) is 10.2 Å². The summed E-state index contributed by atoms with van der Waals surface area (Å²) in [4.78, 5) is 24.2. The van der Waals surface area contributed by atoms with Crippen LogP contribution in [0.4, 0.5) is 0 Å². The number of amides is 1. The normalized spacial score (nSPS) is 20.6. The monoisotopic (exact) mass is 244 g/mol. The Morgan fingerprint density at radius 1 is 1.53 bits per heavy atom. The third-order valence-corrected chi connectivity index (χ3v) is 2.63. The number of carbonyl (C=O) groups is 2. The average Bonchev–Trinajstić information content (AvgIpc) is 2.28. The van der Waals surface area contributed by atoms with Crippen LogP contribution < -0.4 is 5.32 Å². The van der Waals surface area contributed by atoms with Crippen LogP contribution in [-0.4, -0.2) is 60.3 Å². The van der Waals surface area contributed by atoms with E-state index in [1.165, 1.54) is 4.90 Å². The maximum atomic E-state index is 11.9.